The monoisotopic (exact) mass is 196 g/mol. The van der Waals surface area contributed by atoms with Gasteiger partial charge in [0.1, 0.15) is 0 Å². The molecule has 0 atom stereocenters. The molecular formula is C11H20N2O. The van der Waals surface area contributed by atoms with Crippen molar-refractivity contribution >= 4 is 6.03 Å². The van der Waals surface area contributed by atoms with Crippen LogP contribution in [0, 0.1) is 0 Å². The molecule has 2 N–H and O–H groups in total. The summed E-state index contributed by atoms with van der Waals surface area (Å²) < 4.78 is 0. The van der Waals surface area contributed by atoms with E-state index >= 15 is 0 Å². The molecule has 1 saturated carbocycles. The summed E-state index contributed by atoms with van der Waals surface area (Å²) in [5.41, 5.74) is 0.976. The highest BCUT2D eigenvalue weighted by molar-refractivity contribution is 5.74. The van der Waals surface area contributed by atoms with Gasteiger partial charge in [-0.25, -0.2) is 4.79 Å². The van der Waals surface area contributed by atoms with Gasteiger partial charge in [-0.05, 0) is 19.8 Å². The molecule has 0 unspecified atom stereocenters. The third kappa shape index (κ3) is 4.30. The van der Waals surface area contributed by atoms with Gasteiger partial charge in [-0.15, -0.1) is 0 Å². The van der Waals surface area contributed by atoms with Crippen molar-refractivity contribution in [2.24, 2.45) is 0 Å². The van der Waals surface area contributed by atoms with Gasteiger partial charge in [-0.2, -0.15) is 0 Å². The molecule has 0 radical (unpaired) electrons. The van der Waals surface area contributed by atoms with Crippen molar-refractivity contribution in [3.8, 4) is 0 Å². The fraction of sp³-hybridized carbons (Fsp3) is 0.727. The second kappa shape index (κ2) is 5.68. The van der Waals surface area contributed by atoms with Crippen molar-refractivity contribution < 1.29 is 4.79 Å². The molecular weight excluding hydrogens is 176 g/mol. The van der Waals surface area contributed by atoms with E-state index in [1.54, 1.807) is 0 Å². The highest BCUT2D eigenvalue weighted by Gasteiger charge is 2.14. The topological polar surface area (TPSA) is 41.1 Å². The largest absolute Gasteiger partial charge is 0.335 e. The van der Waals surface area contributed by atoms with E-state index in [0.717, 1.165) is 18.4 Å². The van der Waals surface area contributed by atoms with Crippen molar-refractivity contribution in [2.75, 3.05) is 6.54 Å². The van der Waals surface area contributed by atoms with E-state index in [2.05, 4.69) is 17.2 Å². The van der Waals surface area contributed by atoms with Crippen LogP contribution in [0.25, 0.3) is 0 Å². The molecule has 3 heteroatoms. The summed E-state index contributed by atoms with van der Waals surface area (Å²) >= 11 is 0. The first-order valence-electron chi connectivity index (χ1n) is 5.37. The van der Waals surface area contributed by atoms with E-state index in [9.17, 15) is 4.79 Å². The predicted octanol–water partition coefficient (Wildman–Crippen LogP) is 2.19. The minimum Gasteiger partial charge on any atom is -0.335 e. The average Bonchev–Trinajstić information content (AvgIpc) is 2.16. The lowest BCUT2D eigenvalue weighted by atomic mass is 9.96. The van der Waals surface area contributed by atoms with E-state index in [1.165, 1.54) is 19.3 Å². The fourth-order valence-corrected chi connectivity index (χ4v) is 1.71. The quantitative estimate of drug-likeness (QED) is 0.667. The van der Waals surface area contributed by atoms with Crippen LogP contribution in [-0.4, -0.2) is 18.6 Å². The van der Waals surface area contributed by atoms with Crippen LogP contribution < -0.4 is 10.6 Å². The lowest BCUT2D eigenvalue weighted by Crippen LogP contribution is -2.43. The SMILES string of the molecule is C=C(C)CNC(=O)NC1CCCCC1. The summed E-state index contributed by atoms with van der Waals surface area (Å²) in [6, 6.07) is 0.328. The van der Waals surface area contributed by atoms with Crippen molar-refractivity contribution in [3.63, 3.8) is 0 Å². The minimum atomic E-state index is -0.0556. The van der Waals surface area contributed by atoms with Crippen LogP contribution in [0.5, 0.6) is 0 Å². The summed E-state index contributed by atoms with van der Waals surface area (Å²) in [4.78, 5) is 11.4. The molecule has 0 saturated heterocycles. The van der Waals surface area contributed by atoms with Gasteiger partial charge in [0.05, 0.1) is 0 Å². The number of carbonyl (C=O) groups excluding carboxylic acids is 1. The number of amides is 2. The first-order chi connectivity index (χ1) is 6.68. The van der Waals surface area contributed by atoms with Gasteiger partial charge in [-0.1, -0.05) is 31.4 Å². The predicted molar refractivity (Wildman–Crippen MR) is 58.2 cm³/mol. The molecule has 2 amide bonds. The Kier molecular flexibility index (Phi) is 4.50. The molecule has 0 aromatic heterocycles. The zero-order chi connectivity index (χ0) is 10.4. The maximum Gasteiger partial charge on any atom is 0.315 e. The Balaban J connectivity index is 2.15. The Bertz CT molecular complexity index is 207. The number of nitrogens with one attached hydrogen (secondary N) is 2. The number of hydrogen-bond acceptors (Lipinski definition) is 1. The second-order valence-electron chi connectivity index (χ2n) is 4.12. The van der Waals surface area contributed by atoms with Crippen LogP contribution in [-0.2, 0) is 0 Å². The van der Waals surface area contributed by atoms with Crippen molar-refractivity contribution in [1.82, 2.24) is 10.6 Å². The zero-order valence-corrected chi connectivity index (χ0v) is 8.94. The van der Waals surface area contributed by atoms with Crippen molar-refractivity contribution in [3.05, 3.63) is 12.2 Å². The number of urea groups is 1. The van der Waals surface area contributed by atoms with E-state index in [0.29, 0.717) is 12.6 Å². The average molecular weight is 196 g/mol. The molecule has 0 heterocycles. The van der Waals surface area contributed by atoms with Crippen LogP contribution in [0.2, 0.25) is 0 Å². The molecule has 0 aromatic carbocycles. The highest BCUT2D eigenvalue weighted by Crippen LogP contribution is 2.16. The molecule has 0 aromatic rings. The summed E-state index contributed by atoms with van der Waals surface area (Å²) in [6.45, 7) is 6.20. The molecule has 0 spiro atoms. The zero-order valence-electron chi connectivity index (χ0n) is 8.94. The molecule has 3 nitrogen and oxygen atoms in total. The molecule has 1 rings (SSSR count). The third-order valence-corrected chi connectivity index (χ3v) is 2.49. The fourth-order valence-electron chi connectivity index (χ4n) is 1.71. The Labute approximate surface area is 86.0 Å². The van der Waals surface area contributed by atoms with Crippen LogP contribution >= 0.6 is 0 Å². The molecule has 0 aliphatic heterocycles. The molecule has 80 valence electrons. The van der Waals surface area contributed by atoms with Gasteiger partial charge in [0, 0.05) is 12.6 Å². The van der Waals surface area contributed by atoms with E-state index in [-0.39, 0.29) is 6.03 Å². The maximum absolute atomic E-state index is 11.4. The standard InChI is InChI=1S/C11H20N2O/c1-9(2)8-12-11(14)13-10-6-4-3-5-7-10/h10H,1,3-8H2,2H3,(H2,12,13,14). The molecule has 1 aliphatic rings. The minimum absolute atomic E-state index is 0.0556. The second-order valence-corrected chi connectivity index (χ2v) is 4.12. The van der Waals surface area contributed by atoms with Crippen LogP contribution in [0.1, 0.15) is 39.0 Å². The van der Waals surface area contributed by atoms with Gasteiger partial charge in [-0.3, -0.25) is 0 Å². The Morgan fingerprint density at radius 1 is 1.36 bits per heavy atom. The normalized spacial score (nSPS) is 17.5. The molecule has 14 heavy (non-hydrogen) atoms. The lowest BCUT2D eigenvalue weighted by molar-refractivity contribution is 0.233. The van der Waals surface area contributed by atoms with Crippen molar-refractivity contribution in [2.45, 2.75) is 45.1 Å². The molecule has 1 aliphatic carbocycles. The van der Waals surface area contributed by atoms with Gasteiger partial charge in [0.25, 0.3) is 0 Å². The number of carbonyl (C=O) groups is 1. The van der Waals surface area contributed by atoms with E-state index in [4.69, 9.17) is 0 Å². The first-order valence-corrected chi connectivity index (χ1v) is 5.37. The summed E-state index contributed by atoms with van der Waals surface area (Å²) in [5, 5.41) is 5.76. The Morgan fingerprint density at radius 2 is 2.00 bits per heavy atom. The van der Waals surface area contributed by atoms with Crippen LogP contribution in [0.3, 0.4) is 0 Å². The summed E-state index contributed by atoms with van der Waals surface area (Å²) in [5.74, 6) is 0. The van der Waals surface area contributed by atoms with Crippen LogP contribution in [0.4, 0.5) is 4.79 Å². The summed E-state index contributed by atoms with van der Waals surface area (Å²) in [6.07, 6.45) is 6.05. The van der Waals surface area contributed by atoms with Gasteiger partial charge in [0.2, 0.25) is 0 Å². The maximum atomic E-state index is 11.4. The highest BCUT2D eigenvalue weighted by atomic mass is 16.2. The molecule has 1 fully saturated rings. The lowest BCUT2D eigenvalue weighted by Gasteiger charge is -2.22. The van der Waals surface area contributed by atoms with Gasteiger partial charge >= 0.3 is 6.03 Å². The van der Waals surface area contributed by atoms with Gasteiger partial charge < -0.3 is 10.6 Å². The third-order valence-electron chi connectivity index (χ3n) is 2.49. The van der Waals surface area contributed by atoms with Crippen molar-refractivity contribution in [1.29, 1.82) is 0 Å². The first kappa shape index (κ1) is 11.1. The molecule has 0 bridgehead atoms. The van der Waals surface area contributed by atoms with E-state index < -0.39 is 0 Å². The smallest absolute Gasteiger partial charge is 0.315 e. The van der Waals surface area contributed by atoms with Gasteiger partial charge in [0.15, 0.2) is 0 Å². The van der Waals surface area contributed by atoms with Crippen LogP contribution in [0.15, 0.2) is 12.2 Å². The Hall–Kier alpha value is -0.990. The Morgan fingerprint density at radius 3 is 2.57 bits per heavy atom. The summed E-state index contributed by atoms with van der Waals surface area (Å²) in [7, 11) is 0. The van der Waals surface area contributed by atoms with E-state index in [1.807, 2.05) is 6.92 Å². The number of rotatable bonds is 3. The number of hydrogen-bond donors (Lipinski definition) is 2.